The van der Waals surface area contributed by atoms with Gasteiger partial charge in [0.05, 0.1) is 0 Å². The Kier molecular flexibility index (Phi) is 3.85. The minimum Gasteiger partial charge on any atom is -0.327 e. The van der Waals surface area contributed by atoms with Gasteiger partial charge in [-0.15, -0.1) is 0 Å². The molecule has 0 aliphatic heterocycles. The first-order valence-electron chi connectivity index (χ1n) is 8.08. The largest absolute Gasteiger partial charge is 0.327 e. The molecular weight excluding hydrogens is 266 g/mol. The van der Waals surface area contributed by atoms with Crippen LogP contribution in [0.5, 0.6) is 0 Å². The van der Waals surface area contributed by atoms with Crippen LogP contribution in [-0.2, 0) is 5.41 Å². The summed E-state index contributed by atoms with van der Waals surface area (Å²) in [5.41, 5.74) is 9.10. The topological polar surface area (TPSA) is 26.0 Å². The van der Waals surface area contributed by atoms with Crippen molar-refractivity contribution in [1.29, 1.82) is 0 Å². The molecular formula is C18H26ClN. The van der Waals surface area contributed by atoms with Crippen LogP contribution in [0.15, 0.2) is 18.2 Å². The Morgan fingerprint density at radius 2 is 1.85 bits per heavy atom. The Labute approximate surface area is 127 Å². The van der Waals surface area contributed by atoms with Gasteiger partial charge < -0.3 is 5.73 Å². The molecule has 0 saturated heterocycles. The fourth-order valence-corrected chi connectivity index (χ4v) is 4.22. The Morgan fingerprint density at radius 1 is 1.20 bits per heavy atom. The molecule has 1 unspecified atom stereocenters. The molecule has 2 saturated carbocycles. The van der Waals surface area contributed by atoms with Crippen molar-refractivity contribution in [3.8, 4) is 0 Å². The molecule has 2 N–H and O–H groups in total. The predicted molar refractivity (Wildman–Crippen MR) is 86.4 cm³/mol. The first-order valence-corrected chi connectivity index (χ1v) is 8.46. The molecule has 2 heteroatoms. The lowest BCUT2D eigenvalue weighted by Crippen LogP contribution is -2.31. The Morgan fingerprint density at radius 3 is 2.35 bits per heavy atom. The average Bonchev–Trinajstić information content (AvgIpc) is 3.21. The normalized spacial score (nSPS) is 30.0. The van der Waals surface area contributed by atoms with Gasteiger partial charge in [-0.2, -0.15) is 0 Å². The van der Waals surface area contributed by atoms with Gasteiger partial charge in [0.2, 0.25) is 0 Å². The highest BCUT2D eigenvalue weighted by Crippen LogP contribution is 2.51. The molecule has 2 aliphatic carbocycles. The van der Waals surface area contributed by atoms with Crippen LogP contribution >= 0.6 is 11.6 Å². The van der Waals surface area contributed by atoms with Crippen LogP contribution in [-0.4, -0.2) is 6.04 Å². The van der Waals surface area contributed by atoms with E-state index in [1.54, 1.807) is 0 Å². The molecule has 0 amide bonds. The quantitative estimate of drug-likeness (QED) is 0.832. The number of hydrogen-bond donors (Lipinski definition) is 1. The maximum absolute atomic E-state index is 6.60. The molecule has 1 aromatic carbocycles. The summed E-state index contributed by atoms with van der Waals surface area (Å²) in [5.74, 6) is 1.55. The average molecular weight is 292 g/mol. The van der Waals surface area contributed by atoms with Gasteiger partial charge in [-0.05, 0) is 61.6 Å². The van der Waals surface area contributed by atoms with Crippen molar-refractivity contribution < 1.29 is 0 Å². The molecule has 3 rings (SSSR count). The molecule has 0 radical (unpaired) electrons. The summed E-state index contributed by atoms with van der Waals surface area (Å²) in [7, 11) is 0. The van der Waals surface area contributed by atoms with Crippen LogP contribution in [0, 0.1) is 5.92 Å². The van der Waals surface area contributed by atoms with Crippen LogP contribution in [0.4, 0.5) is 0 Å². The van der Waals surface area contributed by atoms with Crippen molar-refractivity contribution >= 4 is 11.6 Å². The summed E-state index contributed by atoms with van der Waals surface area (Å²) in [6, 6.07) is 6.99. The van der Waals surface area contributed by atoms with Gasteiger partial charge in [0.1, 0.15) is 0 Å². The summed E-state index contributed by atoms with van der Waals surface area (Å²) in [5, 5.41) is 0.967. The minimum absolute atomic E-state index is 0.212. The second-order valence-corrected chi connectivity index (χ2v) is 7.55. The maximum Gasteiger partial charge on any atom is 0.0443 e. The first-order chi connectivity index (χ1) is 9.53. The highest BCUT2D eigenvalue weighted by Gasteiger charge is 2.47. The third-order valence-corrected chi connectivity index (χ3v) is 6.02. The smallest absolute Gasteiger partial charge is 0.0443 e. The zero-order chi connectivity index (χ0) is 14.3. The van der Waals surface area contributed by atoms with E-state index in [0.717, 1.165) is 10.9 Å². The lowest BCUT2D eigenvalue weighted by atomic mass is 9.78. The van der Waals surface area contributed by atoms with Gasteiger partial charge >= 0.3 is 0 Å². The first kappa shape index (κ1) is 14.4. The third kappa shape index (κ3) is 2.51. The van der Waals surface area contributed by atoms with Crippen molar-refractivity contribution in [2.75, 3.05) is 0 Å². The minimum atomic E-state index is 0.212. The predicted octanol–water partition coefficient (Wildman–Crippen LogP) is 5.01. The van der Waals surface area contributed by atoms with Crippen molar-refractivity contribution in [3.63, 3.8) is 0 Å². The maximum atomic E-state index is 6.60. The molecule has 0 spiro atoms. The monoisotopic (exact) mass is 291 g/mol. The Balaban J connectivity index is 1.82. The van der Waals surface area contributed by atoms with Crippen molar-refractivity contribution in [2.45, 2.75) is 69.7 Å². The Bertz CT molecular complexity index is 482. The summed E-state index contributed by atoms with van der Waals surface area (Å²) >= 11 is 6.60. The van der Waals surface area contributed by atoms with E-state index in [-0.39, 0.29) is 11.5 Å². The summed E-state index contributed by atoms with van der Waals surface area (Å²) < 4.78 is 0. The van der Waals surface area contributed by atoms with E-state index in [4.69, 9.17) is 17.3 Å². The molecule has 20 heavy (non-hydrogen) atoms. The number of benzene rings is 1. The van der Waals surface area contributed by atoms with Crippen molar-refractivity contribution in [2.24, 2.45) is 11.7 Å². The zero-order valence-electron chi connectivity index (χ0n) is 12.7. The second kappa shape index (κ2) is 5.35. The summed E-state index contributed by atoms with van der Waals surface area (Å²) in [6.07, 6.45) is 7.68. The standard InChI is InChI=1S/C18H26ClN/c1-12-3-5-14(6-4-12)16-8-7-15(11-17(16)19)18(9-10-18)13(2)20/h7-8,11-14H,3-6,9-10,20H2,1-2H3. The van der Waals surface area contributed by atoms with Crippen LogP contribution in [0.1, 0.15) is 69.4 Å². The lowest BCUT2D eigenvalue weighted by Gasteiger charge is -2.28. The van der Waals surface area contributed by atoms with Gasteiger partial charge in [0, 0.05) is 16.5 Å². The van der Waals surface area contributed by atoms with E-state index in [0.29, 0.717) is 5.92 Å². The fraction of sp³-hybridized carbons (Fsp3) is 0.667. The van der Waals surface area contributed by atoms with Crippen LogP contribution < -0.4 is 5.73 Å². The number of halogens is 1. The summed E-state index contributed by atoms with van der Waals surface area (Å²) in [6.45, 7) is 4.48. The molecule has 1 aromatic rings. The molecule has 0 bridgehead atoms. The fourth-order valence-electron chi connectivity index (χ4n) is 3.88. The number of rotatable bonds is 3. The van der Waals surface area contributed by atoms with Crippen molar-refractivity contribution in [1.82, 2.24) is 0 Å². The van der Waals surface area contributed by atoms with Gasteiger partial charge in [0.25, 0.3) is 0 Å². The van der Waals surface area contributed by atoms with Gasteiger partial charge in [-0.25, -0.2) is 0 Å². The van der Waals surface area contributed by atoms with Gasteiger partial charge in [0.15, 0.2) is 0 Å². The SMILES string of the molecule is CC1CCC(c2ccc(C3(C(C)N)CC3)cc2Cl)CC1. The molecule has 110 valence electrons. The Hall–Kier alpha value is -0.530. The van der Waals surface area contributed by atoms with Gasteiger partial charge in [-0.1, -0.05) is 43.5 Å². The lowest BCUT2D eigenvalue weighted by molar-refractivity contribution is 0.348. The third-order valence-electron chi connectivity index (χ3n) is 5.69. The molecule has 0 heterocycles. The highest BCUT2D eigenvalue weighted by molar-refractivity contribution is 6.31. The van der Waals surface area contributed by atoms with E-state index in [1.807, 2.05) is 0 Å². The molecule has 1 nitrogen and oxygen atoms in total. The zero-order valence-corrected chi connectivity index (χ0v) is 13.4. The van der Waals surface area contributed by atoms with E-state index < -0.39 is 0 Å². The van der Waals surface area contributed by atoms with E-state index in [2.05, 4.69) is 32.0 Å². The van der Waals surface area contributed by atoms with Gasteiger partial charge in [-0.3, -0.25) is 0 Å². The number of nitrogens with two attached hydrogens (primary N) is 1. The van der Waals surface area contributed by atoms with Crippen LogP contribution in [0.25, 0.3) is 0 Å². The molecule has 0 aromatic heterocycles. The molecule has 2 aliphatic rings. The summed E-state index contributed by atoms with van der Waals surface area (Å²) in [4.78, 5) is 0. The van der Waals surface area contributed by atoms with E-state index >= 15 is 0 Å². The number of hydrogen-bond acceptors (Lipinski definition) is 1. The van der Waals surface area contributed by atoms with Crippen molar-refractivity contribution in [3.05, 3.63) is 34.3 Å². The molecule has 2 fully saturated rings. The second-order valence-electron chi connectivity index (χ2n) is 7.14. The van der Waals surface area contributed by atoms with E-state index in [9.17, 15) is 0 Å². The van der Waals surface area contributed by atoms with Crippen LogP contribution in [0.2, 0.25) is 5.02 Å². The molecule has 1 atom stereocenters. The van der Waals surface area contributed by atoms with Crippen LogP contribution in [0.3, 0.4) is 0 Å². The highest BCUT2D eigenvalue weighted by atomic mass is 35.5. The van der Waals surface area contributed by atoms with E-state index in [1.165, 1.54) is 49.7 Å².